The second kappa shape index (κ2) is 7.00. The molecule has 0 radical (unpaired) electrons. The average molecular weight is 400 g/mol. The van der Waals surface area contributed by atoms with Gasteiger partial charge in [-0.15, -0.1) is 0 Å². The summed E-state index contributed by atoms with van der Waals surface area (Å²) in [5.41, 5.74) is -0.235. The van der Waals surface area contributed by atoms with E-state index in [2.05, 4.69) is 15.2 Å². The van der Waals surface area contributed by atoms with E-state index in [0.717, 1.165) is 6.20 Å². The van der Waals surface area contributed by atoms with Crippen molar-refractivity contribution in [3.05, 3.63) is 30.1 Å². The molecule has 3 atom stereocenters. The van der Waals surface area contributed by atoms with Crippen LogP contribution in [0.15, 0.2) is 24.5 Å². The van der Waals surface area contributed by atoms with Crippen LogP contribution in [0.4, 0.5) is 17.6 Å². The van der Waals surface area contributed by atoms with Crippen LogP contribution >= 0.6 is 0 Å². The highest BCUT2D eigenvalue weighted by Crippen LogP contribution is 2.35. The number of nitrogens with one attached hydrogen (secondary N) is 1. The first-order valence-electron chi connectivity index (χ1n) is 9.02. The van der Waals surface area contributed by atoms with Gasteiger partial charge in [-0.1, -0.05) is 0 Å². The molecule has 1 amide bonds. The molecule has 3 unspecified atom stereocenters. The summed E-state index contributed by atoms with van der Waals surface area (Å²) >= 11 is 0. The molecule has 2 aliphatic heterocycles. The van der Waals surface area contributed by atoms with E-state index in [4.69, 9.17) is 4.74 Å². The number of fused-ring (bicyclic) bond motifs is 3. The Morgan fingerprint density at radius 3 is 2.64 bits per heavy atom. The SMILES string of the molecule is CN1C2COCC1CC(NC(=O)c1cn(C(F)C(F)(F)F)c3ncccc13)C2. The Kier molecular flexibility index (Phi) is 4.78. The van der Waals surface area contributed by atoms with Crippen molar-refractivity contribution in [2.75, 3.05) is 20.3 Å². The Bertz CT molecular complexity index is 870. The first-order valence-corrected chi connectivity index (χ1v) is 9.02. The molecule has 2 aromatic rings. The summed E-state index contributed by atoms with van der Waals surface area (Å²) in [6, 6.07) is 3.21. The first-order chi connectivity index (χ1) is 13.3. The Balaban J connectivity index is 1.60. The quantitative estimate of drug-likeness (QED) is 0.805. The van der Waals surface area contributed by atoms with Crippen molar-refractivity contribution in [1.82, 2.24) is 19.8 Å². The van der Waals surface area contributed by atoms with Gasteiger partial charge < -0.3 is 10.1 Å². The Labute approximate surface area is 158 Å². The third-order valence-electron chi connectivity index (χ3n) is 5.57. The third kappa shape index (κ3) is 3.35. The van der Waals surface area contributed by atoms with E-state index in [1.807, 2.05) is 7.05 Å². The van der Waals surface area contributed by atoms with Gasteiger partial charge in [0.1, 0.15) is 5.65 Å². The molecule has 152 valence electrons. The summed E-state index contributed by atoms with van der Waals surface area (Å²) in [5.74, 6) is -0.528. The van der Waals surface area contributed by atoms with Crippen LogP contribution in [0.2, 0.25) is 0 Å². The maximum atomic E-state index is 14.0. The molecule has 0 saturated carbocycles. The largest absolute Gasteiger partial charge is 0.439 e. The number of halogens is 4. The second-order valence-electron chi connectivity index (χ2n) is 7.35. The van der Waals surface area contributed by atoms with Crippen LogP contribution in [0.3, 0.4) is 0 Å². The molecule has 4 rings (SSSR count). The van der Waals surface area contributed by atoms with Crippen LogP contribution in [-0.4, -0.2) is 64.9 Å². The van der Waals surface area contributed by atoms with Gasteiger partial charge in [-0.25, -0.2) is 9.37 Å². The molecule has 10 heteroatoms. The number of amides is 1. The number of hydrogen-bond donors (Lipinski definition) is 1. The number of pyridine rings is 1. The van der Waals surface area contributed by atoms with E-state index in [0.29, 0.717) is 30.6 Å². The number of nitrogens with zero attached hydrogens (tertiary/aromatic N) is 3. The molecular weight excluding hydrogens is 380 g/mol. The lowest BCUT2D eigenvalue weighted by Gasteiger charge is -2.46. The maximum absolute atomic E-state index is 14.0. The summed E-state index contributed by atoms with van der Waals surface area (Å²) < 4.78 is 58.5. The lowest BCUT2D eigenvalue weighted by Crippen LogP contribution is -2.59. The van der Waals surface area contributed by atoms with Crippen molar-refractivity contribution in [2.45, 2.75) is 43.4 Å². The molecule has 0 spiro atoms. The number of aromatic nitrogens is 2. The smallest absolute Gasteiger partial charge is 0.378 e. The number of hydrogen-bond acceptors (Lipinski definition) is 4. The van der Waals surface area contributed by atoms with Crippen molar-refractivity contribution in [3.63, 3.8) is 0 Å². The molecule has 4 heterocycles. The molecule has 6 nitrogen and oxygen atoms in total. The van der Waals surface area contributed by atoms with Crippen LogP contribution in [0, 0.1) is 0 Å². The van der Waals surface area contributed by atoms with E-state index in [-0.39, 0.29) is 34.7 Å². The topological polar surface area (TPSA) is 59.4 Å². The minimum atomic E-state index is -5.09. The number of piperidine rings is 1. The van der Waals surface area contributed by atoms with E-state index >= 15 is 0 Å². The summed E-state index contributed by atoms with van der Waals surface area (Å²) in [4.78, 5) is 18.9. The molecule has 2 saturated heterocycles. The molecule has 0 aliphatic carbocycles. The minimum Gasteiger partial charge on any atom is -0.378 e. The van der Waals surface area contributed by atoms with Crippen molar-refractivity contribution in [1.29, 1.82) is 0 Å². The lowest BCUT2D eigenvalue weighted by atomic mass is 9.90. The molecule has 28 heavy (non-hydrogen) atoms. The molecule has 1 N–H and O–H groups in total. The van der Waals surface area contributed by atoms with Crippen LogP contribution < -0.4 is 5.32 Å². The lowest BCUT2D eigenvalue weighted by molar-refractivity contribution is -0.203. The summed E-state index contributed by atoms with van der Waals surface area (Å²) in [6.07, 6.45) is -4.84. The van der Waals surface area contributed by atoms with Crippen molar-refractivity contribution in [2.24, 2.45) is 0 Å². The number of likely N-dealkylation sites (N-methyl/N-ethyl adjacent to an activating group) is 1. The fourth-order valence-corrected chi connectivity index (χ4v) is 4.07. The van der Waals surface area contributed by atoms with E-state index < -0.39 is 18.4 Å². The predicted molar refractivity (Wildman–Crippen MR) is 92.6 cm³/mol. The fourth-order valence-electron chi connectivity index (χ4n) is 4.07. The van der Waals surface area contributed by atoms with E-state index in [9.17, 15) is 22.4 Å². The van der Waals surface area contributed by atoms with Gasteiger partial charge >= 0.3 is 6.18 Å². The Morgan fingerprint density at radius 2 is 2.00 bits per heavy atom. The zero-order chi connectivity index (χ0) is 20.1. The molecule has 2 bridgehead atoms. The zero-order valence-corrected chi connectivity index (χ0v) is 15.1. The average Bonchev–Trinajstić information content (AvgIpc) is 3.01. The zero-order valence-electron chi connectivity index (χ0n) is 15.1. The van der Waals surface area contributed by atoms with Gasteiger partial charge in [0.15, 0.2) is 0 Å². The van der Waals surface area contributed by atoms with E-state index in [1.165, 1.54) is 18.3 Å². The van der Waals surface area contributed by atoms with Crippen molar-refractivity contribution < 1.29 is 27.1 Å². The summed E-state index contributed by atoms with van der Waals surface area (Å²) in [7, 11) is 2.02. The number of carbonyl (C=O) groups is 1. The number of alkyl halides is 4. The number of carbonyl (C=O) groups excluding carboxylic acids is 1. The van der Waals surface area contributed by atoms with Crippen LogP contribution in [-0.2, 0) is 4.74 Å². The van der Waals surface area contributed by atoms with Crippen molar-refractivity contribution >= 4 is 16.9 Å². The summed E-state index contributed by atoms with van der Waals surface area (Å²) in [6.45, 7) is 1.16. The Morgan fingerprint density at radius 1 is 1.32 bits per heavy atom. The van der Waals surface area contributed by atoms with Gasteiger partial charge in [-0.2, -0.15) is 13.2 Å². The molecular formula is C18H20F4N4O2. The number of ether oxygens (including phenoxy) is 1. The first kappa shape index (κ1) is 19.1. The normalized spacial score (nSPS) is 27.0. The van der Waals surface area contributed by atoms with Crippen molar-refractivity contribution in [3.8, 4) is 0 Å². The number of morpholine rings is 1. The van der Waals surface area contributed by atoms with Gasteiger partial charge in [0.2, 0.25) is 0 Å². The predicted octanol–water partition coefficient (Wildman–Crippen LogP) is 2.66. The van der Waals surface area contributed by atoms with Crippen LogP contribution in [0.25, 0.3) is 11.0 Å². The van der Waals surface area contributed by atoms with Gasteiger partial charge in [-0.05, 0) is 32.0 Å². The minimum absolute atomic E-state index is 0.0182. The molecule has 2 aromatic heterocycles. The Hall–Kier alpha value is -2.20. The third-order valence-corrected chi connectivity index (χ3v) is 5.57. The maximum Gasteiger partial charge on any atom is 0.439 e. The van der Waals surface area contributed by atoms with Crippen LogP contribution in [0.5, 0.6) is 0 Å². The standard InChI is InChI=1S/C18H20F4N4O2/c1-25-11-5-10(6-12(25)9-28-8-11)24-16(27)14-7-26(17(19)18(20,21)22)15-13(14)3-2-4-23-15/h2-4,7,10-12,17H,5-6,8-9H2,1H3,(H,24,27). The highest BCUT2D eigenvalue weighted by Gasteiger charge is 2.43. The van der Waals surface area contributed by atoms with Gasteiger partial charge in [0.05, 0.1) is 18.8 Å². The number of rotatable bonds is 3. The van der Waals surface area contributed by atoms with Gasteiger partial charge in [-0.3, -0.25) is 14.3 Å². The van der Waals surface area contributed by atoms with E-state index in [1.54, 1.807) is 0 Å². The monoisotopic (exact) mass is 400 g/mol. The van der Waals surface area contributed by atoms with Gasteiger partial charge in [0.25, 0.3) is 12.2 Å². The fraction of sp³-hybridized carbons (Fsp3) is 0.556. The highest BCUT2D eigenvalue weighted by molar-refractivity contribution is 6.06. The molecule has 2 aliphatic rings. The molecule has 0 aromatic carbocycles. The van der Waals surface area contributed by atoms with Gasteiger partial charge in [0, 0.05) is 35.9 Å². The second-order valence-corrected chi connectivity index (χ2v) is 7.35. The summed E-state index contributed by atoms with van der Waals surface area (Å²) in [5, 5.41) is 3.09. The molecule has 2 fully saturated rings. The van der Waals surface area contributed by atoms with Crippen LogP contribution in [0.1, 0.15) is 29.5 Å². The highest BCUT2D eigenvalue weighted by atomic mass is 19.4.